The molecule has 4 nitrogen and oxygen atoms in total. The summed E-state index contributed by atoms with van der Waals surface area (Å²) in [4.78, 5) is 16.3. The Morgan fingerprint density at radius 3 is 1.93 bits per heavy atom. The van der Waals surface area contributed by atoms with Crippen LogP contribution in [0.15, 0.2) is 79.1 Å². The third-order valence-corrected chi connectivity index (χ3v) is 4.06. The smallest absolute Gasteiger partial charge is 0.284 e. The van der Waals surface area contributed by atoms with E-state index in [9.17, 15) is 18.0 Å². The Hall–Kier alpha value is -3.19. The number of rotatable bonds is 6. The predicted octanol–water partition coefficient (Wildman–Crippen LogP) is 4.45. The first-order valence-electron chi connectivity index (χ1n) is 8.58. The fourth-order valence-electron chi connectivity index (χ4n) is 2.77. The Labute approximate surface area is 160 Å². The number of hydrogen-bond acceptors (Lipinski definition) is 3. The number of amides is 1. The number of carbonyl (C=O) groups excluding carboxylic acids is 1. The van der Waals surface area contributed by atoms with Gasteiger partial charge in [-0.2, -0.15) is 13.2 Å². The number of pyridine rings is 1. The van der Waals surface area contributed by atoms with Gasteiger partial charge in [0.05, 0.1) is 11.1 Å². The van der Waals surface area contributed by atoms with Crippen LogP contribution < -0.4 is 5.43 Å². The number of nitrogens with one attached hydrogen (secondary N) is 1. The van der Waals surface area contributed by atoms with E-state index in [2.05, 4.69) is 10.4 Å². The molecule has 3 rings (SSSR count). The molecule has 7 heteroatoms. The fraction of sp³-hybridized carbons (Fsp3) is 0.143. The summed E-state index contributed by atoms with van der Waals surface area (Å²) < 4.78 is 39.7. The van der Waals surface area contributed by atoms with E-state index < -0.39 is 23.2 Å². The van der Waals surface area contributed by atoms with Crippen LogP contribution in [0.5, 0.6) is 0 Å². The molecule has 1 N–H and O–H groups in total. The number of hydrogen-bond donors (Lipinski definition) is 1. The van der Waals surface area contributed by atoms with Crippen molar-refractivity contribution in [2.24, 2.45) is 0 Å². The highest BCUT2D eigenvalue weighted by atomic mass is 19.4. The zero-order chi connectivity index (χ0) is 20.0. The van der Waals surface area contributed by atoms with Crippen LogP contribution in [0.2, 0.25) is 0 Å². The van der Waals surface area contributed by atoms with Crippen LogP contribution in [-0.4, -0.2) is 15.9 Å². The molecule has 1 aromatic heterocycles. The summed E-state index contributed by atoms with van der Waals surface area (Å²) in [6.45, 7) is 0.673. The predicted molar refractivity (Wildman–Crippen MR) is 98.8 cm³/mol. The summed E-state index contributed by atoms with van der Waals surface area (Å²) in [7, 11) is 0. The van der Waals surface area contributed by atoms with Gasteiger partial charge in [0.15, 0.2) is 0 Å². The first kappa shape index (κ1) is 19.6. The second kappa shape index (κ2) is 8.67. The number of hydrazine groups is 1. The molecule has 3 aromatic rings. The highest BCUT2D eigenvalue weighted by Crippen LogP contribution is 2.31. The van der Waals surface area contributed by atoms with Gasteiger partial charge in [-0.05, 0) is 17.2 Å². The summed E-state index contributed by atoms with van der Waals surface area (Å²) in [6.07, 6.45) is -2.69. The van der Waals surface area contributed by atoms with Crippen LogP contribution in [0.1, 0.15) is 27.0 Å². The van der Waals surface area contributed by atoms with Crippen LogP contribution in [0, 0.1) is 0 Å². The van der Waals surface area contributed by atoms with E-state index in [-0.39, 0.29) is 0 Å². The van der Waals surface area contributed by atoms with E-state index in [4.69, 9.17) is 0 Å². The summed E-state index contributed by atoms with van der Waals surface area (Å²) >= 11 is 0. The molecule has 1 heterocycles. The molecule has 0 aliphatic rings. The molecule has 0 aliphatic carbocycles. The van der Waals surface area contributed by atoms with Gasteiger partial charge >= 0.3 is 6.18 Å². The van der Waals surface area contributed by atoms with E-state index in [0.29, 0.717) is 13.1 Å². The summed E-state index contributed by atoms with van der Waals surface area (Å²) in [5.41, 5.74) is 2.90. The van der Waals surface area contributed by atoms with Crippen molar-refractivity contribution in [3.63, 3.8) is 0 Å². The van der Waals surface area contributed by atoms with Gasteiger partial charge in [0.2, 0.25) is 0 Å². The van der Waals surface area contributed by atoms with Gasteiger partial charge in [-0.25, -0.2) is 5.01 Å². The number of alkyl halides is 3. The van der Waals surface area contributed by atoms with Crippen molar-refractivity contribution in [3.8, 4) is 0 Å². The third-order valence-electron chi connectivity index (χ3n) is 4.06. The highest BCUT2D eigenvalue weighted by Gasteiger charge is 2.35. The monoisotopic (exact) mass is 385 g/mol. The number of halogens is 3. The zero-order valence-electron chi connectivity index (χ0n) is 14.9. The maximum absolute atomic E-state index is 13.2. The summed E-state index contributed by atoms with van der Waals surface area (Å²) in [5.74, 6) is -0.854. The minimum absolute atomic E-state index is 0.336. The van der Waals surface area contributed by atoms with Crippen molar-refractivity contribution in [1.82, 2.24) is 15.4 Å². The highest BCUT2D eigenvalue weighted by molar-refractivity contribution is 5.95. The molecule has 2 aromatic carbocycles. The molecule has 0 fully saturated rings. The van der Waals surface area contributed by atoms with Crippen molar-refractivity contribution in [2.45, 2.75) is 19.3 Å². The maximum atomic E-state index is 13.2. The Bertz CT molecular complexity index is 873. The Morgan fingerprint density at radius 2 is 1.43 bits per heavy atom. The van der Waals surface area contributed by atoms with Crippen LogP contribution in [0.4, 0.5) is 13.2 Å². The molecule has 0 atom stereocenters. The molecule has 144 valence electrons. The molecule has 0 bridgehead atoms. The molecule has 28 heavy (non-hydrogen) atoms. The van der Waals surface area contributed by atoms with Gasteiger partial charge in [-0.3, -0.25) is 15.2 Å². The van der Waals surface area contributed by atoms with Gasteiger partial charge in [0, 0.05) is 25.5 Å². The number of aromatic nitrogens is 1. The lowest BCUT2D eigenvalue weighted by Crippen LogP contribution is -2.42. The molecule has 0 saturated carbocycles. The van der Waals surface area contributed by atoms with Crippen LogP contribution in [-0.2, 0) is 19.3 Å². The van der Waals surface area contributed by atoms with Gasteiger partial charge in [-0.15, -0.1) is 0 Å². The third kappa shape index (κ3) is 5.17. The van der Waals surface area contributed by atoms with E-state index in [1.54, 1.807) is 5.01 Å². The average molecular weight is 385 g/mol. The van der Waals surface area contributed by atoms with Crippen LogP contribution in [0.3, 0.4) is 0 Å². The number of nitrogens with zero attached hydrogens (tertiary/aromatic N) is 2. The Balaban J connectivity index is 1.84. The van der Waals surface area contributed by atoms with Gasteiger partial charge < -0.3 is 0 Å². The average Bonchev–Trinajstić information content (AvgIpc) is 2.69. The van der Waals surface area contributed by atoms with E-state index in [0.717, 1.165) is 29.6 Å². The minimum Gasteiger partial charge on any atom is -0.284 e. The normalized spacial score (nSPS) is 11.4. The lowest BCUT2D eigenvalue weighted by Gasteiger charge is -2.24. The van der Waals surface area contributed by atoms with Crippen molar-refractivity contribution in [3.05, 3.63) is 101 Å². The van der Waals surface area contributed by atoms with Gasteiger partial charge in [0.1, 0.15) is 0 Å². The lowest BCUT2D eigenvalue weighted by molar-refractivity contribution is -0.138. The van der Waals surface area contributed by atoms with Crippen molar-refractivity contribution >= 4 is 5.91 Å². The second-order valence-corrected chi connectivity index (χ2v) is 6.19. The molecule has 0 aliphatic heterocycles. The van der Waals surface area contributed by atoms with E-state index in [1.165, 1.54) is 0 Å². The Kier molecular flexibility index (Phi) is 6.06. The van der Waals surface area contributed by atoms with Gasteiger partial charge in [-0.1, -0.05) is 60.7 Å². The van der Waals surface area contributed by atoms with Crippen LogP contribution in [0.25, 0.3) is 0 Å². The van der Waals surface area contributed by atoms with Crippen molar-refractivity contribution < 1.29 is 18.0 Å². The van der Waals surface area contributed by atoms with Crippen LogP contribution >= 0.6 is 0 Å². The van der Waals surface area contributed by atoms with Crippen molar-refractivity contribution in [1.29, 1.82) is 0 Å². The van der Waals surface area contributed by atoms with Crippen molar-refractivity contribution in [2.75, 3.05) is 0 Å². The molecule has 1 amide bonds. The molecule has 0 spiro atoms. The number of benzene rings is 2. The molecule has 0 radical (unpaired) electrons. The first-order valence-corrected chi connectivity index (χ1v) is 8.58. The first-order chi connectivity index (χ1) is 13.4. The van der Waals surface area contributed by atoms with Gasteiger partial charge in [0.25, 0.3) is 5.91 Å². The minimum atomic E-state index is -4.64. The van der Waals surface area contributed by atoms with E-state index in [1.807, 2.05) is 60.7 Å². The second-order valence-electron chi connectivity index (χ2n) is 6.19. The molecular weight excluding hydrogens is 367 g/mol. The molecule has 0 unspecified atom stereocenters. The number of carbonyl (C=O) groups is 1. The fourth-order valence-corrected chi connectivity index (χ4v) is 2.77. The maximum Gasteiger partial charge on any atom is 0.417 e. The largest absolute Gasteiger partial charge is 0.417 e. The standard InChI is InChI=1S/C21H18F3N3O/c22-21(23,24)19-11-12-25-13-18(19)20(28)26-27(14-16-7-3-1-4-8-16)15-17-9-5-2-6-10-17/h1-13H,14-15H2,(H,26,28). The molecule has 0 saturated heterocycles. The zero-order valence-corrected chi connectivity index (χ0v) is 14.9. The topological polar surface area (TPSA) is 45.2 Å². The SMILES string of the molecule is O=C(NN(Cc1ccccc1)Cc1ccccc1)c1cnccc1C(F)(F)F. The Morgan fingerprint density at radius 1 is 0.893 bits per heavy atom. The van der Waals surface area contributed by atoms with E-state index >= 15 is 0 Å². The summed E-state index contributed by atoms with van der Waals surface area (Å²) in [5, 5.41) is 1.58. The lowest BCUT2D eigenvalue weighted by atomic mass is 10.1. The summed E-state index contributed by atoms with van der Waals surface area (Å²) in [6, 6.07) is 19.5. The quantitative estimate of drug-likeness (QED) is 0.638. The molecular formula is C21H18F3N3O.